The number of halogens is 4. The third-order valence-electron chi connectivity index (χ3n) is 2.85. The summed E-state index contributed by atoms with van der Waals surface area (Å²) in [6.45, 7) is 0. The van der Waals surface area contributed by atoms with Gasteiger partial charge >= 0.3 is 12.1 Å². The highest BCUT2D eigenvalue weighted by molar-refractivity contribution is 7.99. The Morgan fingerprint density at radius 1 is 1.00 bits per heavy atom. The first-order chi connectivity index (χ1) is 10.9. The lowest BCUT2D eigenvalue weighted by Crippen LogP contribution is -2.04. The summed E-state index contributed by atoms with van der Waals surface area (Å²) in [7, 11) is 0. The molecule has 23 heavy (non-hydrogen) atoms. The summed E-state index contributed by atoms with van der Waals surface area (Å²) in [4.78, 5) is 5.13. The molecular weight excluding hydrogens is 349 g/mol. The van der Waals surface area contributed by atoms with Crippen LogP contribution in [0.2, 0.25) is 5.02 Å². The van der Waals surface area contributed by atoms with Crippen molar-refractivity contribution in [1.29, 1.82) is 0 Å². The Morgan fingerprint density at radius 3 is 2.30 bits per heavy atom. The second-order valence-electron chi connectivity index (χ2n) is 4.48. The van der Waals surface area contributed by atoms with Crippen LogP contribution in [0.1, 0.15) is 5.89 Å². The Kier molecular flexibility index (Phi) is 4.32. The molecular formula is C15H8ClF3N2OS. The zero-order valence-electron chi connectivity index (χ0n) is 11.3. The van der Waals surface area contributed by atoms with E-state index in [0.717, 1.165) is 9.79 Å². The first kappa shape index (κ1) is 15.9. The number of nitrogens with zero attached hydrogens (tertiary/aromatic N) is 2. The second-order valence-corrected chi connectivity index (χ2v) is 6.00. The van der Waals surface area contributed by atoms with Crippen molar-refractivity contribution < 1.29 is 17.7 Å². The number of alkyl halides is 3. The van der Waals surface area contributed by atoms with Crippen LogP contribution in [0, 0.1) is 0 Å². The molecule has 0 N–H and O–H groups in total. The van der Waals surface area contributed by atoms with E-state index < -0.39 is 12.1 Å². The van der Waals surface area contributed by atoms with Crippen molar-refractivity contribution in [2.75, 3.05) is 0 Å². The maximum Gasteiger partial charge on any atom is 0.471 e. The van der Waals surface area contributed by atoms with Gasteiger partial charge in [-0.15, -0.1) is 0 Å². The molecule has 0 unspecified atom stereocenters. The third-order valence-corrected chi connectivity index (χ3v) is 4.37. The summed E-state index contributed by atoms with van der Waals surface area (Å²) in [5.41, 5.74) is 0.438. The molecule has 1 heterocycles. The molecule has 3 aromatic rings. The van der Waals surface area contributed by atoms with E-state index in [1.54, 1.807) is 30.3 Å². The summed E-state index contributed by atoms with van der Waals surface area (Å²) in [5.74, 6) is -1.46. The monoisotopic (exact) mass is 356 g/mol. The van der Waals surface area contributed by atoms with Crippen molar-refractivity contribution in [1.82, 2.24) is 10.1 Å². The molecule has 3 rings (SSSR count). The number of rotatable bonds is 3. The van der Waals surface area contributed by atoms with Crippen LogP contribution >= 0.6 is 23.4 Å². The van der Waals surface area contributed by atoms with E-state index >= 15 is 0 Å². The highest BCUT2D eigenvalue weighted by atomic mass is 35.5. The number of aromatic nitrogens is 2. The average molecular weight is 357 g/mol. The Labute approximate surface area is 138 Å². The molecule has 0 bridgehead atoms. The van der Waals surface area contributed by atoms with E-state index in [1.807, 2.05) is 18.2 Å². The van der Waals surface area contributed by atoms with Gasteiger partial charge in [-0.1, -0.05) is 40.7 Å². The molecule has 0 aliphatic rings. The van der Waals surface area contributed by atoms with Crippen LogP contribution in [0.15, 0.2) is 62.8 Å². The van der Waals surface area contributed by atoms with Crippen LogP contribution < -0.4 is 0 Å². The topological polar surface area (TPSA) is 38.9 Å². The average Bonchev–Trinajstić information content (AvgIpc) is 3.00. The Bertz CT molecular complexity index is 818. The predicted molar refractivity (Wildman–Crippen MR) is 80.3 cm³/mol. The van der Waals surface area contributed by atoms with Crippen LogP contribution in [0.5, 0.6) is 0 Å². The quantitative estimate of drug-likeness (QED) is 0.616. The van der Waals surface area contributed by atoms with Crippen LogP contribution in [-0.2, 0) is 6.18 Å². The first-order valence-corrected chi connectivity index (χ1v) is 7.56. The lowest BCUT2D eigenvalue weighted by molar-refractivity contribution is -0.159. The molecule has 0 amide bonds. The summed E-state index contributed by atoms with van der Waals surface area (Å²) < 4.78 is 41.6. The summed E-state index contributed by atoms with van der Waals surface area (Å²) in [6.07, 6.45) is -4.65. The largest absolute Gasteiger partial charge is 0.471 e. The van der Waals surface area contributed by atoms with Crippen LogP contribution in [0.3, 0.4) is 0 Å². The number of benzene rings is 2. The van der Waals surface area contributed by atoms with Gasteiger partial charge in [0.2, 0.25) is 5.82 Å². The molecule has 0 radical (unpaired) electrons. The first-order valence-electron chi connectivity index (χ1n) is 6.37. The molecule has 0 fully saturated rings. The van der Waals surface area contributed by atoms with Gasteiger partial charge in [0.15, 0.2) is 0 Å². The van der Waals surface area contributed by atoms with Crippen molar-refractivity contribution in [3.05, 3.63) is 59.4 Å². The normalized spacial score (nSPS) is 11.7. The van der Waals surface area contributed by atoms with Crippen molar-refractivity contribution in [3.8, 4) is 11.4 Å². The van der Waals surface area contributed by atoms with Gasteiger partial charge in [0, 0.05) is 15.4 Å². The van der Waals surface area contributed by atoms with Crippen LogP contribution in [0.4, 0.5) is 13.2 Å². The molecule has 3 nitrogen and oxygen atoms in total. The molecule has 2 aromatic carbocycles. The fraction of sp³-hybridized carbons (Fsp3) is 0.0667. The minimum atomic E-state index is -4.65. The zero-order chi connectivity index (χ0) is 16.4. The predicted octanol–water partition coefficient (Wildman–Crippen LogP) is 5.56. The fourth-order valence-electron chi connectivity index (χ4n) is 1.78. The van der Waals surface area contributed by atoms with Crippen LogP contribution in [-0.4, -0.2) is 10.1 Å². The highest BCUT2D eigenvalue weighted by Crippen LogP contribution is 2.34. The van der Waals surface area contributed by atoms with E-state index in [9.17, 15) is 13.2 Å². The van der Waals surface area contributed by atoms with E-state index in [-0.39, 0.29) is 5.82 Å². The lowest BCUT2D eigenvalue weighted by Gasteiger charge is -2.04. The van der Waals surface area contributed by atoms with Gasteiger partial charge in [-0.05, 0) is 36.4 Å². The number of hydrogen-bond donors (Lipinski definition) is 0. The maximum atomic E-state index is 12.4. The molecule has 0 spiro atoms. The molecule has 118 valence electrons. The zero-order valence-corrected chi connectivity index (χ0v) is 12.9. The van der Waals surface area contributed by atoms with Gasteiger partial charge in [-0.25, -0.2) is 0 Å². The second kappa shape index (κ2) is 6.25. The molecule has 1 aromatic heterocycles. The van der Waals surface area contributed by atoms with Crippen LogP contribution in [0.25, 0.3) is 11.4 Å². The molecule has 8 heteroatoms. The van der Waals surface area contributed by atoms with Gasteiger partial charge in [-0.3, -0.25) is 0 Å². The summed E-state index contributed by atoms with van der Waals surface area (Å²) in [5, 5.41) is 3.98. The summed E-state index contributed by atoms with van der Waals surface area (Å²) >= 11 is 7.54. The Balaban J connectivity index is 1.80. The van der Waals surface area contributed by atoms with Gasteiger partial charge in [-0.2, -0.15) is 18.2 Å². The molecule has 0 saturated heterocycles. The van der Waals surface area contributed by atoms with Crippen molar-refractivity contribution in [3.63, 3.8) is 0 Å². The van der Waals surface area contributed by atoms with Gasteiger partial charge in [0.25, 0.3) is 0 Å². The summed E-state index contributed by atoms with van der Waals surface area (Å²) in [6, 6.07) is 14.2. The maximum absolute atomic E-state index is 12.4. The highest BCUT2D eigenvalue weighted by Gasteiger charge is 2.38. The van der Waals surface area contributed by atoms with Crippen molar-refractivity contribution >= 4 is 23.4 Å². The lowest BCUT2D eigenvalue weighted by atomic mass is 10.2. The standard InChI is InChI=1S/C15H8ClF3N2OS/c16-11-3-1-2-4-12(11)23-10-7-5-9(6-8-10)13-20-14(22-21-13)15(17,18)19/h1-8H. The fourth-order valence-corrected chi connectivity index (χ4v) is 2.87. The Morgan fingerprint density at radius 2 is 1.70 bits per heavy atom. The van der Waals surface area contributed by atoms with E-state index in [1.165, 1.54) is 11.8 Å². The van der Waals surface area contributed by atoms with Gasteiger partial charge in [0.1, 0.15) is 0 Å². The minimum Gasteiger partial charge on any atom is -0.329 e. The number of hydrogen-bond acceptors (Lipinski definition) is 4. The smallest absolute Gasteiger partial charge is 0.329 e. The molecule has 0 saturated carbocycles. The Hall–Kier alpha value is -1.99. The van der Waals surface area contributed by atoms with Gasteiger partial charge < -0.3 is 4.52 Å². The van der Waals surface area contributed by atoms with E-state index in [0.29, 0.717) is 10.6 Å². The van der Waals surface area contributed by atoms with Crippen molar-refractivity contribution in [2.24, 2.45) is 0 Å². The molecule has 0 aliphatic carbocycles. The molecule has 0 atom stereocenters. The SMILES string of the molecule is FC(F)(F)c1nc(-c2ccc(Sc3ccccc3Cl)cc2)no1. The van der Waals surface area contributed by atoms with Crippen molar-refractivity contribution in [2.45, 2.75) is 16.0 Å². The third kappa shape index (κ3) is 3.68. The minimum absolute atomic E-state index is 0.105. The van der Waals surface area contributed by atoms with Gasteiger partial charge in [0.05, 0.1) is 5.02 Å². The van der Waals surface area contributed by atoms with E-state index in [2.05, 4.69) is 14.7 Å². The van der Waals surface area contributed by atoms with E-state index in [4.69, 9.17) is 11.6 Å². The molecule has 0 aliphatic heterocycles.